The average Bonchev–Trinajstić information content (AvgIpc) is 2.78. The summed E-state index contributed by atoms with van der Waals surface area (Å²) in [7, 11) is 1.40. The number of methoxy groups -OCH3 is 1. The molecule has 32 heavy (non-hydrogen) atoms. The summed E-state index contributed by atoms with van der Waals surface area (Å²) in [6.45, 7) is 0. The highest BCUT2D eigenvalue weighted by atomic mass is 19.4. The van der Waals surface area contributed by atoms with Gasteiger partial charge in [-0.05, 0) is 42.5 Å². The van der Waals surface area contributed by atoms with Crippen LogP contribution in [0.15, 0.2) is 71.5 Å². The van der Waals surface area contributed by atoms with E-state index in [0.717, 1.165) is 10.6 Å². The van der Waals surface area contributed by atoms with Crippen molar-refractivity contribution < 1.29 is 23.0 Å². The highest BCUT2D eigenvalue weighted by Crippen LogP contribution is 2.34. The molecule has 162 valence electrons. The summed E-state index contributed by atoms with van der Waals surface area (Å²) >= 11 is 0. The monoisotopic (exact) mass is 438 g/mol. The van der Waals surface area contributed by atoms with Gasteiger partial charge in [0.15, 0.2) is 11.5 Å². The van der Waals surface area contributed by atoms with Crippen LogP contribution in [0.2, 0.25) is 0 Å². The van der Waals surface area contributed by atoms with Crippen LogP contribution in [0.1, 0.15) is 17.0 Å². The lowest BCUT2D eigenvalue weighted by Crippen LogP contribution is -2.25. The molecule has 0 aliphatic rings. The van der Waals surface area contributed by atoms with E-state index >= 15 is 0 Å². The van der Waals surface area contributed by atoms with E-state index in [9.17, 15) is 23.1 Å². The third-order valence-corrected chi connectivity index (χ3v) is 4.91. The first kappa shape index (κ1) is 21.2. The first-order valence-electron chi connectivity index (χ1n) is 9.53. The second-order valence-corrected chi connectivity index (χ2v) is 6.87. The summed E-state index contributed by atoms with van der Waals surface area (Å²) in [4.78, 5) is 17.7. The van der Waals surface area contributed by atoms with Gasteiger partial charge in [0, 0.05) is 5.56 Å². The molecule has 1 N–H and O–H groups in total. The van der Waals surface area contributed by atoms with Crippen LogP contribution in [0.4, 0.5) is 13.2 Å². The Morgan fingerprint density at radius 2 is 1.69 bits per heavy atom. The number of alkyl halides is 3. The van der Waals surface area contributed by atoms with Crippen LogP contribution < -0.4 is 10.3 Å². The van der Waals surface area contributed by atoms with Crippen LogP contribution in [0.3, 0.4) is 0 Å². The minimum Gasteiger partial charge on any atom is -0.504 e. The highest BCUT2D eigenvalue weighted by molar-refractivity contribution is 5.80. The summed E-state index contributed by atoms with van der Waals surface area (Å²) in [5, 5.41) is 10.5. The zero-order chi connectivity index (χ0) is 22.9. The van der Waals surface area contributed by atoms with Crippen molar-refractivity contribution in [1.29, 1.82) is 0 Å². The molecule has 0 bridgehead atoms. The topological polar surface area (TPSA) is 64.3 Å². The van der Waals surface area contributed by atoms with E-state index in [4.69, 9.17) is 4.74 Å². The van der Waals surface area contributed by atoms with Gasteiger partial charge in [0.1, 0.15) is 5.82 Å². The maximum Gasteiger partial charge on any atom is 0.418 e. The molecular formula is C24H17F3N2O3. The number of phenolic OH excluding ortho intramolecular Hbond substituents is 1. The number of hydrogen-bond donors (Lipinski definition) is 1. The van der Waals surface area contributed by atoms with Crippen LogP contribution in [0, 0.1) is 0 Å². The quantitative estimate of drug-likeness (QED) is 0.470. The van der Waals surface area contributed by atoms with Crippen molar-refractivity contribution in [2.75, 3.05) is 7.11 Å². The Morgan fingerprint density at radius 1 is 0.969 bits per heavy atom. The fourth-order valence-corrected chi connectivity index (χ4v) is 3.41. The third-order valence-electron chi connectivity index (χ3n) is 4.91. The smallest absolute Gasteiger partial charge is 0.418 e. The first-order chi connectivity index (χ1) is 15.3. The molecule has 0 aliphatic carbocycles. The van der Waals surface area contributed by atoms with Gasteiger partial charge in [-0.2, -0.15) is 13.2 Å². The molecule has 1 heterocycles. The zero-order valence-corrected chi connectivity index (χ0v) is 16.8. The van der Waals surface area contributed by atoms with E-state index in [1.165, 1.54) is 43.5 Å². The highest BCUT2D eigenvalue weighted by Gasteiger charge is 2.34. The molecule has 8 heteroatoms. The Bertz CT molecular complexity index is 1390. The maximum atomic E-state index is 13.7. The molecule has 3 aromatic carbocycles. The lowest BCUT2D eigenvalue weighted by atomic mass is 10.1. The van der Waals surface area contributed by atoms with E-state index in [0.29, 0.717) is 11.1 Å². The van der Waals surface area contributed by atoms with Gasteiger partial charge in [-0.1, -0.05) is 36.4 Å². The largest absolute Gasteiger partial charge is 0.504 e. The molecule has 0 amide bonds. The molecule has 0 atom stereocenters. The number of halogens is 3. The minimum atomic E-state index is -4.67. The van der Waals surface area contributed by atoms with Crippen LogP contribution in [-0.2, 0) is 6.18 Å². The van der Waals surface area contributed by atoms with Crippen LogP contribution >= 0.6 is 0 Å². The molecule has 5 nitrogen and oxygen atoms in total. The Hall–Kier alpha value is -4.07. The summed E-state index contributed by atoms with van der Waals surface area (Å²) in [5.74, 6) is 0.0719. The molecule has 0 saturated heterocycles. The first-order valence-corrected chi connectivity index (χ1v) is 9.53. The van der Waals surface area contributed by atoms with Crippen molar-refractivity contribution in [3.8, 4) is 17.2 Å². The summed E-state index contributed by atoms with van der Waals surface area (Å²) < 4.78 is 47.1. The van der Waals surface area contributed by atoms with Crippen molar-refractivity contribution in [1.82, 2.24) is 9.55 Å². The lowest BCUT2D eigenvalue weighted by Gasteiger charge is -2.17. The average molecular weight is 438 g/mol. The van der Waals surface area contributed by atoms with Crippen LogP contribution in [-0.4, -0.2) is 21.8 Å². The molecule has 0 radical (unpaired) electrons. The van der Waals surface area contributed by atoms with Crippen molar-refractivity contribution in [2.45, 2.75) is 6.18 Å². The lowest BCUT2D eigenvalue weighted by molar-refractivity contribution is -0.137. The molecular weight excluding hydrogens is 421 g/mol. The number of aromatic nitrogens is 2. The van der Waals surface area contributed by atoms with Gasteiger partial charge >= 0.3 is 6.18 Å². The Morgan fingerprint density at radius 3 is 2.44 bits per heavy atom. The Labute approximate surface area is 180 Å². The number of hydrogen-bond acceptors (Lipinski definition) is 4. The molecule has 0 saturated carbocycles. The number of ether oxygens (including phenoxy) is 1. The van der Waals surface area contributed by atoms with Gasteiger partial charge in [0.05, 0.1) is 29.3 Å². The summed E-state index contributed by atoms with van der Waals surface area (Å²) in [6, 6.07) is 16.1. The van der Waals surface area contributed by atoms with E-state index in [1.54, 1.807) is 36.4 Å². The molecule has 0 aliphatic heterocycles. The van der Waals surface area contributed by atoms with Gasteiger partial charge in [0.25, 0.3) is 5.56 Å². The Balaban J connectivity index is 2.00. The van der Waals surface area contributed by atoms with Crippen molar-refractivity contribution in [3.63, 3.8) is 0 Å². The van der Waals surface area contributed by atoms with E-state index in [-0.39, 0.29) is 28.4 Å². The van der Waals surface area contributed by atoms with E-state index in [1.807, 2.05) is 0 Å². The van der Waals surface area contributed by atoms with Gasteiger partial charge in [-0.3, -0.25) is 9.36 Å². The standard InChI is InChI=1S/C24H17F3N2O3/c1-32-20-12-6-7-15(22(20)30)13-14-21-28-18-10-4-2-8-16(18)23(31)29(21)19-11-5-3-9-17(19)24(25,26)27/h2-14,30H,1H3. The SMILES string of the molecule is COc1cccc(C=Cc2nc3ccccc3c(=O)n2-c2ccccc2C(F)(F)F)c1O. The number of benzene rings is 3. The van der Waals surface area contributed by atoms with Crippen LogP contribution in [0.5, 0.6) is 11.5 Å². The van der Waals surface area contributed by atoms with Gasteiger partial charge in [-0.25, -0.2) is 4.98 Å². The fraction of sp³-hybridized carbons (Fsp3) is 0.0833. The van der Waals surface area contributed by atoms with Crippen molar-refractivity contribution in [3.05, 3.63) is 94.0 Å². The molecule has 0 unspecified atom stereocenters. The molecule has 0 fully saturated rings. The third kappa shape index (κ3) is 3.82. The number of nitrogens with zero attached hydrogens (tertiary/aromatic N) is 2. The molecule has 1 aromatic heterocycles. The van der Waals surface area contributed by atoms with Gasteiger partial charge < -0.3 is 9.84 Å². The minimum absolute atomic E-state index is 0.0207. The predicted octanol–water partition coefficient (Wildman–Crippen LogP) is 5.29. The number of aromatic hydroxyl groups is 1. The molecule has 4 rings (SSSR count). The zero-order valence-electron chi connectivity index (χ0n) is 16.8. The van der Waals surface area contributed by atoms with Gasteiger partial charge in [0.2, 0.25) is 0 Å². The second kappa shape index (κ2) is 8.22. The second-order valence-electron chi connectivity index (χ2n) is 6.87. The van der Waals surface area contributed by atoms with Crippen LogP contribution in [0.25, 0.3) is 28.7 Å². The predicted molar refractivity (Wildman–Crippen MR) is 116 cm³/mol. The van der Waals surface area contributed by atoms with E-state index < -0.39 is 17.3 Å². The Kier molecular flexibility index (Phi) is 5.44. The summed E-state index contributed by atoms with van der Waals surface area (Å²) in [6.07, 6.45) is -1.83. The molecule has 4 aromatic rings. The summed E-state index contributed by atoms with van der Waals surface area (Å²) in [5.41, 5.74) is -1.24. The van der Waals surface area contributed by atoms with Crippen molar-refractivity contribution >= 4 is 23.1 Å². The van der Waals surface area contributed by atoms with Gasteiger partial charge in [-0.15, -0.1) is 0 Å². The molecule has 0 spiro atoms. The number of phenols is 1. The number of para-hydroxylation sites is 3. The normalized spacial score (nSPS) is 11.9. The number of rotatable bonds is 4. The van der Waals surface area contributed by atoms with Crippen molar-refractivity contribution in [2.24, 2.45) is 0 Å². The maximum absolute atomic E-state index is 13.7. The fourth-order valence-electron chi connectivity index (χ4n) is 3.41. The van der Waals surface area contributed by atoms with E-state index in [2.05, 4.69) is 4.98 Å². The number of fused-ring (bicyclic) bond motifs is 1.